The highest BCUT2D eigenvalue weighted by molar-refractivity contribution is 9.10. The molecule has 15 heavy (non-hydrogen) atoms. The first-order valence-corrected chi connectivity index (χ1v) is 5.93. The molecule has 1 atom stereocenters. The topological polar surface area (TPSA) is 47.0 Å². The molecule has 4 nitrogen and oxygen atoms in total. The van der Waals surface area contributed by atoms with Crippen molar-refractivity contribution in [3.63, 3.8) is 0 Å². The normalized spacial score (nSPS) is 20.5. The van der Waals surface area contributed by atoms with E-state index in [4.69, 9.17) is 4.74 Å². The van der Waals surface area contributed by atoms with E-state index in [1.807, 2.05) is 6.07 Å². The molecule has 0 saturated carbocycles. The summed E-state index contributed by atoms with van der Waals surface area (Å²) in [4.78, 5) is 8.09. The molecule has 0 aliphatic carbocycles. The van der Waals surface area contributed by atoms with Crippen LogP contribution in [-0.4, -0.2) is 29.7 Å². The van der Waals surface area contributed by atoms with E-state index in [0.717, 1.165) is 36.6 Å². The van der Waals surface area contributed by atoms with Crippen molar-refractivity contribution < 1.29 is 4.74 Å². The third-order valence-electron chi connectivity index (χ3n) is 2.52. The monoisotopic (exact) mass is 271 g/mol. The standard InChI is InChI=1S/C10H14BrN3O/c11-9-5-10(14-7-13-9)12-3-1-8-2-4-15-6-8/h5,7-8H,1-4,6H2,(H,12,13,14). The molecule has 1 aliphatic heterocycles. The van der Waals surface area contributed by atoms with Gasteiger partial charge in [-0.1, -0.05) is 0 Å². The van der Waals surface area contributed by atoms with Crippen molar-refractivity contribution in [2.45, 2.75) is 12.8 Å². The van der Waals surface area contributed by atoms with Crippen molar-refractivity contribution in [3.05, 3.63) is 17.0 Å². The van der Waals surface area contributed by atoms with Gasteiger partial charge in [-0.2, -0.15) is 0 Å². The van der Waals surface area contributed by atoms with Crippen molar-refractivity contribution in [1.82, 2.24) is 9.97 Å². The Morgan fingerprint density at radius 3 is 3.20 bits per heavy atom. The minimum atomic E-state index is 0.711. The molecular weight excluding hydrogens is 258 g/mol. The van der Waals surface area contributed by atoms with Crippen LogP contribution in [0.3, 0.4) is 0 Å². The summed E-state index contributed by atoms with van der Waals surface area (Å²) < 4.78 is 6.13. The summed E-state index contributed by atoms with van der Waals surface area (Å²) in [6.07, 6.45) is 3.88. The number of nitrogens with zero attached hydrogens (tertiary/aromatic N) is 2. The predicted molar refractivity (Wildman–Crippen MR) is 61.8 cm³/mol. The van der Waals surface area contributed by atoms with Gasteiger partial charge < -0.3 is 10.1 Å². The van der Waals surface area contributed by atoms with Crippen LogP contribution in [-0.2, 0) is 4.74 Å². The largest absolute Gasteiger partial charge is 0.381 e. The zero-order chi connectivity index (χ0) is 10.5. The highest BCUT2D eigenvalue weighted by atomic mass is 79.9. The molecule has 1 saturated heterocycles. The van der Waals surface area contributed by atoms with Crippen LogP contribution >= 0.6 is 15.9 Å². The molecule has 0 spiro atoms. The van der Waals surface area contributed by atoms with Crippen LogP contribution in [0.25, 0.3) is 0 Å². The van der Waals surface area contributed by atoms with E-state index >= 15 is 0 Å². The second-order valence-electron chi connectivity index (χ2n) is 3.67. The summed E-state index contributed by atoms with van der Waals surface area (Å²) in [6, 6.07) is 1.88. The third-order valence-corrected chi connectivity index (χ3v) is 2.95. The summed E-state index contributed by atoms with van der Waals surface area (Å²) in [6.45, 7) is 2.77. The van der Waals surface area contributed by atoms with Crippen LogP contribution in [0.2, 0.25) is 0 Å². The van der Waals surface area contributed by atoms with Crippen molar-refractivity contribution in [2.24, 2.45) is 5.92 Å². The van der Waals surface area contributed by atoms with Gasteiger partial charge in [-0.3, -0.25) is 0 Å². The first-order chi connectivity index (χ1) is 7.34. The summed E-state index contributed by atoms with van der Waals surface area (Å²) >= 11 is 3.31. The lowest BCUT2D eigenvalue weighted by Crippen LogP contribution is -2.09. The van der Waals surface area contributed by atoms with E-state index in [1.54, 1.807) is 6.33 Å². The number of hydrogen-bond donors (Lipinski definition) is 1. The molecule has 5 heteroatoms. The zero-order valence-corrected chi connectivity index (χ0v) is 10.0. The molecule has 0 bridgehead atoms. The van der Waals surface area contributed by atoms with Crippen LogP contribution in [0.15, 0.2) is 17.0 Å². The van der Waals surface area contributed by atoms with Gasteiger partial charge in [0.15, 0.2) is 0 Å². The highest BCUT2D eigenvalue weighted by Gasteiger charge is 2.14. The Labute approximate surface area is 97.6 Å². The van der Waals surface area contributed by atoms with E-state index < -0.39 is 0 Å². The Hall–Kier alpha value is -0.680. The van der Waals surface area contributed by atoms with Gasteiger partial charge in [0.2, 0.25) is 0 Å². The lowest BCUT2D eigenvalue weighted by molar-refractivity contribution is 0.185. The SMILES string of the molecule is Brc1cc(NCCC2CCOC2)ncn1. The maximum Gasteiger partial charge on any atom is 0.130 e. The quantitative estimate of drug-likeness (QED) is 0.852. The summed E-state index contributed by atoms with van der Waals surface area (Å²) in [5.41, 5.74) is 0. The molecule has 2 rings (SSSR count). The van der Waals surface area contributed by atoms with Gasteiger partial charge in [-0.25, -0.2) is 9.97 Å². The van der Waals surface area contributed by atoms with Crippen molar-refractivity contribution in [2.75, 3.05) is 25.1 Å². The van der Waals surface area contributed by atoms with E-state index in [9.17, 15) is 0 Å². The molecule has 1 unspecified atom stereocenters. The molecular formula is C10H14BrN3O. The first-order valence-electron chi connectivity index (χ1n) is 5.14. The molecule has 1 fully saturated rings. The molecule has 0 radical (unpaired) electrons. The smallest absolute Gasteiger partial charge is 0.130 e. The van der Waals surface area contributed by atoms with Gasteiger partial charge in [0.25, 0.3) is 0 Å². The fraction of sp³-hybridized carbons (Fsp3) is 0.600. The minimum absolute atomic E-state index is 0.711. The van der Waals surface area contributed by atoms with E-state index in [0.29, 0.717) is 5.92 Å². The van der Waals surface area contributed by atoms with Crippen molar-refractivity contribution in [3.8, 4) is 0 Å². The molecule has 1 N–H and O–H groups in total. The second-order valence-corrected chi connectivity index (χ2v) is 4.48. The Bertz CT molecular complexity index is 315. The molecule has 1 aromatic heterocycles. The van der Waals surface area contributed by atoms with E-state index in [2.05, 4.69) is 31.2 Å². The number of aromatic nitrogens is 2. The van der Waals surface area contributed by atoms with Crippen LogP contribution in [0.1, 0.15) is 12.8 Å². The number of anilines is 1. The lowest BCUT2D eigenvalue weighted by Gasteiger charge is -2.08. The maximum atomic E-state index is 5.32. The van der Waals surface area contributed by atoms with Gasteiger partial charge in [0, 0.05) is 25.8 Å². The van der Waals surface area contributed by atoms with Gasteiger partial charge in [-0.05, 0) is 34.7 Å². The van der Waals surface area contributed by atoms with Gasteiger partial charge in [-0.15, -0.1) is 0 Å². The highest BCUT2D eigenvalue weighted by Crippen LogP contribution is 2.16. The molecule has 0 amide bonds. The van der Waals surface area contributed by atoms with Crippen LogP contribution in [0.4, 0.5) is 5.82 Å². The Morgan fingerprint density at radius 1 is 1.53 bits per heavy atom. The third kappa shape index (κ3) is 3.43. The van der Waals surface area contributed by atoms with Crippen LogP contribution < -0.4 is 5.32 Å². The molecule has 1 aliphatic rings. The van der Waals surface area contributed by atoms with Crippen LogP contribution in [0.5, 0.6) is 0 Å². The van der Waals surface area contributed by atoms with Gasteiger partial charge >= 0.3 is 0 Å². The molecule has 82 valence electrons. The summed E-state index contributed by atoms with van der Waals surface area (Å²) in [5, 5.41) is 3.28. The average Bonchev–Trinajstić information content (AvgIpc) is 2.71. The predicted octanol–water partition coefficient (Wildman–Crippen LogP) is 2.08. The number of nitrogens with one attached hydrogen (secondary N) is 1. The molecule has 0 aromatic carbocycles. The molecule has 1 aromatic rings. The zero-order valence-electron chi connectivity index (χ0n) is 8.45. The fourth-order valence-electron chi connectivity index (χ4n) is 1.65. The Kier molecular flexibility index (Phi) is 3.91. The van der Waals surface area contributed by atoms with Crippen LogP contribution in [0, 0.1) is 5.92 Å². The summed E-state index contributed by atoms with van der Waals surface area (Å²) in [7, 11) is 0. The maximum absolute atomic E-state index is 5.32. The number of halogens is 1. The first kappa shape index (κ1) is 10.8. The Balaban J connectivity index is 1.73. The minimum Gasteiger partial charge on any atom is -0.381 e. The molecule has 2 heterocycles. The average molecular weight is 272 g/mol. The van der Waals surface area contributed by atoms with Gasteiger partial charge in [0.1, 0.15) is 16.7 Å². The summed E-state index contributed by atoms with van der Waals surface area (Å²) in [5.74, 6) is 1.58. The Morgan fingerprint density at radius 2 is 2.47 bits per heavy atom. The van der Waals surface area contributed by atoms with E-state index in [1.165, 1.54) is 6.42 Å². The van der Waals surface area contributed by atoms with Gasteiger partial charge in [0.05, 0.1) is 0 Å². The fourth-order valence-corrected chi connectivity index (χ4v) is 1.95. The second kappa shape index (κ2) is 5.42. The number of hydrogen-bond acceptors (Lipinski definition) is 4. The lowest BCUT2D eigenvalue weighted by atomic mass is 10.1. The van der Waals surface area contributed by atoms with Crippen molar-refractivity contribution in [1.29, 1.82) is 0 Å². The van der Waals surface area contributed by atoms with E-state index in [-0.39, 0.29) is 0 Å². The van der Waals surface area contributed by atoms with Crippen molar-refractivity contribution >= 4 is 21.7 Å². The number of rotatable bonds is 4. The number of ether oxygens (including phenoxy) is 1.